The van der Waals surface area contributed by atoms with Crippen molar-refractivity contribution in [1.29, 1.82) is 0 Å². The van der Waals surface area contributed by atoms with Crippen LogP contribution in [0.4, 0.5) is 10.2 Å². The summed E-state index contributed by atoms with van der Waals surface area (Å²) < 4.78 is 17.9. The first-order chi connectivity index (χ1) is 12.0. The van der Waals surface area contributed by atoms with Crippen LogP contribution >= 0.6 is 15.9 Å². The van der Waals surface area contributed by atoms with E-state index in [1.807, 2.05) is 13.1 Å². The molecule has 0 saturated heterocycles. The van der Waals surface area contributed by atoms with Gasteiger partial charge in [-0.3, -0.25) is 14.2 Å². The second-order valence-corrected chi connectivity index (χ2v) is 6.47. The first kappa shape index (κ1) is 17.3. The van der Waals surface area contributed by atoms with Crippen LogP contribution in [-0.2, 0) is 17.9 Å². The van der Waals surface area contributed by atoms with Gasteiger partial charge in [-0.15, -0.1) is 0 Å². The highest BCUT2D eigenvalue weighted by Crippen LogP contribution is 2.14. The third-order valence-electron chi connectivity index (χ3n) is 3.65. The number of hydrogen-bond donors (Lipinski definition) is 1. The van der Waals surface area contributed by atoms with Gasteiger partial charge in [0.05, 0.1) is 16.7 Å². The standard InChI is InChI=1S/C17H17BrFN5O/c1-12-14(18)11-24(21-12)9-7-17(25)20-16-6-8-23(22-16)10-13-4-2-3-5-15(13)19/h2-6,8,11H,7,9-10H2,1H3,(H,20,22,25). The summed E-state index contributed by atoms with van der Waals surface area (Å²) in [5.41, 5.74) is 1.43. The van der Waals surface area contributed by atoms with Crippen molar-refractivity contribution in [3.63, 3.8) is 0 Å². The van der Waals surface area contributed by atoms with E-state index in [4.69, 9.17) is 0 Å². The van der Waals surface area contributed by atoms with Crippen molar-refractivity contribution < 1.29 is 9.18 Å². The van der Waals surface area contributed by atoms with Crippen molar-refractivity contribution in [2.75, 3.05) is 5.32 Å². The summed E-state index contributed by atoms with van der Waals surface area (Å²) in [5.74, 6) is 0.0174. The maximum Gasteiger partial charge on any atom is 0.227 e. The Labute approximate surface area is 152 Å². The van der Waals surface area contributed by atoms with Crippen LogP contribution in [0, 0.1) is 12.7 Å². The van der Waals surface area contributed by atoms with Crippen LogP contribution in [0.5, 0.6) is 0 Å². The van der Waals surface area contributed by atoms with Crippen LogP contribution in [0.3, 0.4) is 0 Å². The quantitative estimate of drug-likeness (QED) is 0.683. The van der Waals surface area contributed by atoms with Gasteiger partial charge in [-0.05, 0) is 28.9 Å². The molecule has 0 aliphatic heterocycles. The van der Waals surface area contributed by atoms with Crippen LogP contribution in [0.2, 0.25) is 0 Å². The molecule has 0 radical (unpaired) electrons. The van der Waals surface area contributed by atoms with Gasteiger partial charge in [0.25, 0.3) is 0 Å². The molecule has 0 bridgehead atoms. The number of carbonyl (C=O) groups is 1. The fraction of sp³-hybridized carbons (Fsp3) is 0.235. The fourth-order valence-corrected chi connectivity index (χ4v) is 2.66. The van der Waals surface area contributed by atoms with Gasteiger partial charge >= 0.3 is 0 Å². The van der Waals surface area contributed by atoms with Gasteiger partial charge in [-0.25, -0.2) is 4.39 Å². The van der Waals surface area contributed by atoms with E-state index >= 15 is 0 Å². The van der Waals surface area contributed by atoms with Crippen molar-refractivity contribution in [1.82, 2.24) is 19.6 Å². The van der Waals surface area contributed by atoms with Gasteiger partial charge in [0, 0.05) is 37.0 Å². The summed E-state index contributed by atoms with van der Waals surface area (Å²) in [6.07, 6.45) is 3.83. The summed E-state index contributed by atoms with van der Waals surface area (Å²) >= 11 is 3.39. The second kappa shape index (κ2) is 7.60. The Balaban J connectivity index is 1.54. The molecule has 25 heavy (non-hydrogen) atoms. The highest BCUT2D eigenvalue weighted by atomic mass is 79.9. The molecule has 0 atom stereocenters. The Morgan fingerprint density at radius 2 is 2.04 bits per heavy atom. The molecule has 0 saturated carbocycles. The van der Waals surface area contributed by atoms with Crippen LogP contribution in [0.1, 0.15) is 17.7 Å². The van der Waals surface area contributed by atoms with E-state index in [1.54, 1.807) is 39.8 Å². The maximum absolute atomic E-state index is 13.7. The third-order valence-corrected chi connectivity index (χ3v) is 4.43. The normalized spacial score (nSPS) is 10.8. The number of nitrogens with zero attached hydrogens (tertiary/aromatic N) is 4. The molecular formula is C17H17BrFN5O. The summed E-state index contributed by atoms with van der Waals surface area (Å²) in [6.45, 7) is 2.68. The number of halogens is 2. The molecule has 6 nitrogen and oxygen atoms in total. The molecule has 0 spiro atoms. The van der Waals surface area contributed by atoms with Crippen LogP contribution < -0.4 is 5.32 Å². The number of amides is 1. The maximum atomic E-state index is 13.7. The van der Waals surface area contributed by atoms with Gasteiger partial charge in [-0.1, -0.05) is 18.2 Å². The molecule has 3 rings (SSSR count). The Bertz CT molecular complexity index is 869. The zero-order chi connectivity index (χ0) is 17.8. The lowest BCUT2D eigenvalue weighted by Crippen LogP contribution is -2.15. The van der Waals surface area contributed by atoms with Crippen molar-refractivity contribution in [2.24, 2.45) is 0 Å². The zero-order valence-corrected chi connectivity index (χ0v) is 15.2. The molecule has 1 amide bonds. The Morgan fingerprint density at radius 3 is 2.76 bits per heavy atom. The molecule has 1 aromatic carbocycles. The molecular weight excluding hydrogens is 389 g/mol. The summed E-state index contributed by atoms with van der Waals surface area (Å²) in [6, 6.07) is 8.23. The minimum Gasteiger partial charge on any atom is -0.309 e. The number of benzene rings is 1. The zero-order valence-electron chi connectivity index (χ0n) is 13.6. The number of nitrogens with one attached hydrogen (secondary N) is 1. The van der Waals surface area contributed by atoms with Crippen molar-refractivity contribution in [2.45, 2.75) is 26.4 Å². The van der Waals surface area contributed by atoms with E-state index in [0.717, 1.165) is 10.2 Å². The number of anilines is 1. The third kappa shape index (κ3) is 4.54. The molecule has 8 heteroatoms. The number of aromatic nitrogens is 4. The van der Waals surface area contributed by atoms with Crippen LogP contribution in [-0.4, -0.2) is 25.5 Å². The van der Waals surface area contributed by atoms with E-state index < -0.39 is 0 Å². The molecule has 0 aliphatic carbocycles. The van der Waals surface area contributed by atoms with Gasteiger partial charge in [0.15, 0.2) is 5.82 Å². The molecule has 2 aromatic heterocycles. The molecule has 130 valence electrons. The van der Waals surface area contributed by atoms with E-state index in [2.05, 4.69) is 31.4 Å². The average molecular weight is 406 g/mol. The lowest BCUT2D eigenvalue weighted by molar-refractivity contribution is -0.116. The van der Waals surface area contributed by atoms with E-state index in [0.29, 0.717) is 24.5 Å². The van der Waals surface area contributed by atoms with Crippen LogP contribution in [0.15, 0.2) is 47.2 Å². The monoisotopic (exact) mass is 405 g/mol. The fourth-order valence-electron chi connectivity index (χ4n) is 2.35. The minimum absolute atomic E-state index is 0.152. The topological polar surface area (TPSA) is 64.7 Å². The first-order valence-electron chi connectivity index (χ1n) is 7.77. The van der Waals surface area contributed by atoms with Crippen molar-refractivity contribution >= 4 is 27.7 Å². The number of hydrogen-bond acceptors (Lipinski definition) is 3. The lowest BCUT2D eigenvalue weighted by Gasteiger charge is -2.04. The van der Waals surface area contributed by atoms with E-state index in [-0.39, 0.29) is 18.1 Å². The SMILES string of the molecule is Cc1nn(CCC(=O)Nc2ccn(Cc3ccccc3F)n2)cc1Br. The molecule has 3 aromatic rings. The molecule has 0 unspecified atom stereocenters. The Morgan fingerprint density at radius 1 is 1.24 bits per heavy atom. The van der Waals surface area contributed by atoms with Crippen molar-refractivity contribution in [3.8, 4) is 0 Å². The number of rotatable bonds is 6. The predicted molar refractivity (Wildman–Crippen MR) is 95.6 cm³/mol. The first-order valence-corrected chi connectivity index (χ1v) is 8.57. The molecule has 0 aliphatic rings. The Kier molecular flexibility index (Phi) is 5.28. The highest BCUT2D eigenvalue weighted by Gasteiger charge is 2.08. The summed E-state index contributed by atoms with van der Waals surface area (Å²) in [7, 11) is 0. The van der Waals surface area contributed by atoms with Gasteiger partial charge < -0.3 is 5.32 Å². The van der Waals surface area contributed by atoms with E-state index in [9.17, 15) is 9.18 Å². The minimum atomic E-state index is -0.274. The molecule has 2 heterocycles. The Hall–Kier alpha value is -2.48. The average Bonchev–Trinajstić information content (AvgIpc) is 3.14. The van der Waals surface area contributed by atoms with Gasteiger partial charge in [0.2, 0.25) is 5.91 Å². The number of carbonyl (C=O) groups excluding carboxylic acids is 1. The number of aryl methyl sites for hydroxylation is 2. The largest absolute Gasteiger partial charge is 0.309 e. The van der Waals surface area contributed by atoms with E-state index in [1.165, 1.54) is 6.07 Å². The van der Waals surface area contributed by atoms with Gasteiger partial charge in [-0.2, -0.15) is 10.2 Å². The molecule has 1 N–H and O–H groups in total. The summed E-state index contributed by atoms with van der Waals surface area (Å²) in [4.78, 5) is 12.0. The second-order valence-electron chi connectivity index (χ2n) is 5.61. The molecule has 0 fully saturated rings. The van der Waals surface area contributed by atoms with Crippen molar-refractivity contribution in [3.05, 3.63) is 64.3 Å². The smallest absolute Gasteiger partial charge is 0.227 e. The predicted octanol–water partition coefficient (Wildman–Crippen LogP) is 3.37. The van der Waals surface area contributed by atoms with Gasteiger partial charge in [0.1, 0.15) is 5.82 Å². The highest BCUT2D eigenvalue weighted by molar-refractivity contribution is 9.10. The summed E-state index contributed by atoms with van der Waals surface area (Å²) in [5, 5.41) is 11.3. The van der Waals surface area contributed by atoms with Crippen LogP contribution in [0.25, 0.3) is 0 Å². The lowest BCUT2D eigenvalue weighted by atomic mass is 10.2.